The summed E-state index contributed by atoms with van der Waals surface area (Å²) in [5.74, 6) is -3.67. The minimum Gasteiger partial charge on any atom is -0.469 e. The van der Waals surface area contributed by atoms with Crippen molar-refractivity contribution in [3.63, 3.8) is 0 Å². The van der Waals surface area contributed by atoms with Crippen LogP contribution in [0.1, 0.15) is 19.8 Å². The first-order valence-electron chi connectivity index (χ1n) is 6.52. The van der Waals surface area contributed by atoms with E-state index in [1.165, 1.54) is 14.0 Å². The maximum Gasteiger partial charge on any atom is 0.338 e. The molecule has 0 spiro atoms. The molecule has 3 unspecified atom stereocenters. The van der Waals surface area contributed by atoms with Crippen LogP contribution in [0, 0.1) is 0 Å². The van der Waals surface area contributed by atoms with Crippen molar-refractivity contribution in [1.82, 2.24) is 0 Å². The molecule has 9 nitrogen and oxygen atoms in total. The number of aliphatic hydroxyl groups excluding tert-OH is 1. The van der Waals surface area contributed by atoms with Gasteiger partial charge in [0, 0.05) is 6.42 Å². The molecule has 0 radical (unpaired) electrons. The summed E-state index contributed by atoms with van der Waals surface area (Å²) in [5.41, 5.74) is 0. The van der Waals surface area contributed by atoms with E-state index < -0.39 is 42.0 Å². The molecule has 0 aromatic rings. The van der Waals surface area contributed by atoms with Gasteiger partial charge in [-0.15, -0.1) is 0 Å². The summed E-state index contributed by atoms with van der Waals surface area (Å²) in [6, 6.07) is 0. The predicted octanol–water partition coefficient (Wildman–Crippen LogP) is -0.853. The zero-order valence-corrected chi connectivity index (χ0v) is 12.9. The monoisotopic (exact) mass is 320 g/mol. The highest BCUT2D eigenvalue weighted by Gasteiger charge is 2.53. The molecule has 0 aromatic carbocycles. The average molecular weight is 320 g/mol. The summed E-state index contributed by atoms with van der Waals surface area (Å²) >= 11 is 0. The fourth-order valence-electron chi connectivity index (χ4n) is 2.14. The molecule has 0 aliphatic carbocycles. The molecule has 1 heterocycles. The number of aliphatic hydroxyl groups is 1. The molecule has 1 fully saturated rings. The van der Waals surface area contributed by atoms with Crippen LogP contribution < -0.4 is 0 Å². The lowest BCUT2D eigenvalue weighted by Gasteiger charge is -2.25. The first-order chi connectivity index (χ1) is 10.3. The number of hydrogen-bond acceptors (Lipinski definition) is 9. The van der Waals surface area contributed by atoms with E-state index in [-0.39, 0.29) is 12.8 Å². The van der Waals surface area contributed by atoms with Crippen molar-refractivity contribution in [2.45, 2.75) is 43.9 Å². The van der Waals surface area contributed by atoms with E-state index in [0.717, 1.165) is 14.2 Å². The number of rotatable bonds is 6. The van der Waals surface area contributed by atoms with E-state index >= 15 is 0 Å². The van der Waals surface area contributed by atoms with Crippen molar-refractivity contribution < 1.29 is 43.2 Å². The molecule has 1 N–H and O–H groups in total. The van der Waals surface area contributed by atoms with Crippen molar-refractivity contribution >= 4 is 17.9 Å². The number of carbonyl (C=O) groups is 3. The van der Waals surface area contributed by atoms with Crippen molar-refractivity contribution in [2.75, 3.05) is 21.3 Å². The van der Waals surface area contributed by atoms with E-state index in [2.05, 4.69) is 14.2 Å². The van der Waals surface area contributed by atoms with Gasteiger partial charge in [-0.3, -0.25) is 4.79 Å². The lowest BCUT2D eigenvalue weighted by molar-refractivity contribution is -0.193. The van der Waals surface area contributed by atoms with Gasteiger partial charge in [0.05, 0.1) is 33.9 Å². The maximum atomic E-state index is 11.7. The molecule has 1 aliphatic heterocycles. The highest BCUT2D eigenvalue weighted by molar-refractivity contribution is 5.86. The van der Waals surface area contributed by atoms with Gasteiger partial charge in [-0.25, -0.2) is 9.59 Å². The van der Waals surface area contributed by atoms with E-state index in [9.17, 15) is 19.5 Å². The van der Waals surface area contributed by atoms with Gasteiger partial charge in [-0.2, -0.15) is 0 Å². The molecule has 22 heavy (non-hydrogen) atoms. The molecule has 126 valence electrons. The van der Waals surface area contributed by atoms with Gasteiger partial charge >= 0.3 is 17.9 Å². The molecule has 1 aliphatic rings. The predicted molar refractivity (Wildman–Crippen MR) is 69.4 cm³/mol. The quantitative estimate of drug-likeness (QED) is 0.493. The Hall–Kier alpha value is -1.71. The van der Waals surface area contributed by atoms with Crippen LogP contribution in [0.4, 0.5) is 0 Å². The van der Waals surface area contributed by atoms with Gasteiger partial charge in [0.2, 0.25) is 0 Å². The van der Waals surface area contributed by atoms with Crippen LogP contribution in [0.2, 0.25) is 0 Å². The summed E-state index contributed by atoms with van der Waals surface area (Å²) in [4.78, 5) is 34.5. The SMILES string of the molecule is COC(=O)CC(O)CC1(C)OC(C(=O)OC)C(C(=O)OC)O1. The standard InChI is InChI=1S/C13H20O9/c1-13(6-7(14)5-8(15)18-2)21-9(11(16)19-3)10(22-13)12(17)20-4/h7,9-10,14H,5-6H2,1-4H3. The summed E-state index contributed by atoms with van der Waals surface area (Å²) in [5, 5.41) is 9.85. The van der Waals surface area contributed by atoms with Crippen LogP contribution in [0.5, 0.6) is 0 Å². The Morgan fingerprint density at radius 2 is 1.50 bits per heavy atom. The van der Waals surface area contributed by atoms with Crippen LogP contribution in [0.25, 0.3) is 0 Å². The van der Waals surface area contributed by atoms with Gasteiger partial charge in [-0.1, -0.05) is 0 Å². The van der Waals surface area contributed by atoms with Gasteiger partial charge in [0.25, 0.3) is 0 Å². The largest absolute Gasteiger partial charge is 0.469 e. The van der Waals surface area contributed by atoms with E-state index in [1.54, 1.807) is 0 Å². The number of hydrogen-bond donors (Lipinski definition) is 1. The average Bonchev–Trinajstić information content (AvgIpc) is 2.82. The fourth-order valence-corrected chi connectivity index (χ4v) is 2.14. The molecular weight excluding hydrogens is 300 g/mol. The topological polar surface area (TPSA) is 118 Å². The molecule has 0 saturated carbocycles. The van der Waals surface area contributed by atoms with E-state index in [4.69, 9.17) is 9.47 Å². The highest BCUT2D eigenvalue weighted by Crippen LogP contribution is 2.34. The Bertz CT molecular complexity index is 409. The van der Waals surface area contributed by atoms with E-state index in [0.29, 0.717) is 0 Å². The van der Waals surface area contributed by atoms with Crippen molar-refractivity contribution in [1.29, 1.82) is 0 Å². The molecule has 1 rings (SSSR count). The van der Waals surface area contributed by atoms with Crippen molar-refractivity contribution in [3.05, 3.63) is 0 Å². The molecule has 1 saturated heterocycles. The first-order valence-corrected chi connectivity index (χ1v) is 6.52. The Labute approximate surface area is 127 Å². The zero-order valence-electron chi connectivity index (χ0n) is 12.9. The highest BCUT2D eigenvalue weighted by atomic mass is 16.8. The zero-order chi connectivity index (χ0) is 16.9. The van der Waals surface area contributed by atoms with Crippen LogP contribution in [-0.2, 0) is 38.1 Å². The molecule has 3 atom stereocenters. The summed E-state index contributed by atoms with van der Waals surface area (Å²) in [6.45, 7) is 1.44. The molecule has 0 bridgehead atoms. The van der Waals surface area contributed by atoms with Gasteiger partial charge in [-0.05, 0) is 6.92 Å². The second kappa shape index (κ2) is 7.52. The summed E-state index contributed by atoms with van der Waals surface area (Å²) in [6.07, 6.45) is -4.18. The minimum atomic E-state index is -1.45. The molecular formula is C13H20O9. The number of esters is 3. The van der Waals surface area contributed by atoms with Crippen LogP contribution in [0.3, 0.4) is 0 Å². The lowest BCUT2D eigenvalue weighted by atomic mass is 10.1. The molecule has 0 aromatic heterocycles. The van der Waals surface area contributed by atoms with Crippen LogP contribution in [0.15, 0.2) is 0 Å². The second-order valence-corrected chi connectivity index (χ2v) is 4.90. The third kappa shape index (κ3) is 4.39. The maximum absolute atomic E-state index is 11.7. The molecule has 9 heteroatoms. The number of ether oxygens (including phenoxy) is 5. The van der Waals surface area contributed by atoms with E-state index in [1.807, 2.05) is 0 Å². The van der Waals surface area contributed by atoms with Crippen molar-refractivity contribution in [3.8, 4) is 0 Å². The fraction of sp³-hybridized carbons (Fsp3) is 0.769. The Morgan fingerprint density at radius 1 is 1.05 bits per heavy atom. The van der Waals surface area contributed by atoms with Crippen LogP contribution in [-0.4, -0.2) is 68.4 Å². The first kappa shape index (κ1) is 18.3. The summed E-state index contributed by atoms with van der Waals surface area (Å²) in [7, 11) is 3.48. The second-order valence-electron chi connectivity index (χ2n) is 4.90. The minimum absolute atomic E-state index is 0.150. The van der Waals surface area contributed by atoms with Gasteiger partial charge < -0.3 is 28.8 Å². The third-order valence-corrected chi connectivity index (χ3v) is 3.13. The third-order valence-electron chi connectivity index (χ3n) is 3.13. The summed E-state index contributed by atoms with van der Waals surface area (Å²) < 4.78 is 24.4. The van der Waals surface area contributed by atoms with Gasteiger partial charge in [0.15, 0.2) is 18.0 Å². The Kier molecular flexibility index (Phi) is 6.27. The lowest BCUT2D eigenvalue weighted by Crippen LogP contribution is -2.38. The van der Waals surface area contributed by atoms with Crippen LogP contribution >= 0.6 is 0 Å². The number of methoxy groups -OCH3 is 3. The smallest absolute Gasteiger partial charge is 0.338 e. The van der Waals surface area contributed by atoms with Gasteiger partial charge in [0.1, 0.15) is 0 Å². The Morgan fingerprint density at radius 3 is 1.86 bits per heavy atom. The Balaban J connectivity index is 2.80. The number of carbonyl (C=O) groups excluding carboxylic acids is 3. The molecule has 0 amide bonds. The van der Waals surface area contributed by atoms with Crippen molar-refractivity contribution in [2.24, 2.45) is 0 Å². The normalized spacial score (nSPS) is 28.8.